The molecule has 0 unspecified atom stereocenters. The predicted molar refractivity (Wildman–Crippen MR) is 61.0 cm³/mol. The minimum atomic E-state index is -0.335. The number of hydrogen-bond donors (Lipinski definition) is 1. The van der Waals surface area contributed by atoms with Crippen molar-refractivity contribution in [1.29, 1.82) is 0 Å². The third kappa shape index (κ3) is 1.96. The summed E-state index contributed by atoms with van der Waals surface area (Å²) in [6, 6.07) is 5.00. The standard InChI is InChI=1S/C12H15NO3/c1-12(2)7-10(13-15-3)9-5-4-8(14)6-11(9)16-12/h4-6,14H,7H2,1-3H3. The number of fused-ring (bicyclic) bond motifs is 1. The van der Waals surface area contributed by atoms with Crippen LogP contribution in [0.5, 0.6) is 11.5 Å². The van der Waals surface area contributed by atoms with Crippen LogP contribution in [0.15, 0.2) is 23.4 Å². The minimum absolute atomic E-state index is 0.188. The highest BCUT2D eigenvalue weighted by Crippen LogP contribution is 2.35. The van der Waals surface area contributed by atoms with E-state index >= 15 is 0 Å². The monoisotopic (exact) mass is 221 g/mol. The lowest BCUT2D eigenvalue weighted by Gasteiger charge is -2.32. The molecule has 4 heteroatoms. The largest absolute Gasteiger partial charge is 0.508 e. The van der Waals surface area contributed by atoms with Gasteiger partial charge >= 0.3 is 0 Å². The molecule has 0 saturated heterocycles. The van der Waals surface area contributed by atoms with Gasteiger partial charge in [-0.1, -0.05) is 5.16 Å². The molecule has 2 rings (SSSR count). The Morgan fingerprint density at radius 2 is 2.19 bits per heavy atom. The molecule has 0 radical (unpaired) electrons. The summed E-state index contributed by atoms with van der Waals surface area (Å²) in [7, 11) is 1.52. The molecule has 0 amide bonds. The van der Waals surface area contributed by atoms with Crippen molar-refractivity contribution in [1.82, 2.24) is 0 Å². The predicted octanol–water partition coefficient (Wildman–Crippen LogP) is 2.30. The number of oxime groups is 1. The van der Waals surface area contributed by atoms with E-state index in [-0.39, 0.29) is 11.4 Å². The number of ether oxygens (including phenoxy) is 1. The smallest absolute Gasteiger partial charge is 0.133 e. The molecule has 0 spiro atoms. The number of benzene rings is 1. The summed E-state index contributed by atoms with van der Waals surface area (Å²) in [4.78, 5) is 4.83. The zero-order valence-electron chi connectivity index (χ0n) is 9.65. The van der Waals surface area contributed by atoms with Gasteiger partial charge < -0.3 is 14.7 Å². The Hall–Kier alpha value is -1.71. The van der Waals surface area contributed by atoms with Gasteiger partial charge in [-0.05, 0) is 26.0 Å². The second kappa shape index (κ2) is 3.70. The van der Waals surface area contributed by atoms with Crippen LogP contribution in [0.4, 0.5) is 0 Å². The molecule has 1 aliphatic rings. The van der Waals surface area contributed by atoms with Crippen molar-refractivity contribution in [2.75, 3.05) is 7.11 Å². The highest BCUT2D eigenvalue weighted by Gasteiger charge is 2.31. The van der Waals surface area contributed by atoms with E-state index in [0.717, 1.165) is 11.3 Å². The van der Waals surface area contributed by atoms with Crippen LogP contribution in [0, 0.1) is 0 Å². The Kier molecular flexibility index (Phi) is 2.50. The summed E-state index contributed by atoms with van der Waals surface area (Å²) in [6.07, 6.45) is 0.679. The Morgan fingerprint density at radius 1 is 1.44 bits per heavy atom. The van der Waals surface area contributed by atoms with Crippen LogP contribution in [0.25, 0.3) is 0 Å². The lowest BCUT2D eigenvalue weighted by molar-refractivity contribution is 0.108. The Bertz CT molecular complexity index is 438. The van der Waals surface area contributed by atoms with Crippen LogP contribution < -0.4 is 4.74 Å². The van der Waals surface area contributed by atoms with Gasteiger partial charge in [-0.3, -0.25) is 0 Å². The second-order valence-corrected chi connectivity index (χ2v) is 4.44. The summed E-state index contributed by atoms with van der Waals surface area (Å²) in [5, 5.41) is 13.4. The molecule has 0 atom stereocenters. The van der Waals surface area contributed by atoms with Gasteiger partial charge in [0.25, 0.3) is 0 Å². The van der Waals surface area contributed by atoms with Crippen LogP contribution in [0.3, 0.4) is 0 Å². The van der Waals surface area contributed by atoms with E-state index in [0.29, 0.717) is 12.2 Å². The summed E-state index contributed by atoms with van der Waals surface area (Å²) in [5.74, 6) is 0.834. The number of phenolic OH excluding ortho intramolecular Hbond substituents is 1. The van der Waals surface area contributed by atoms with Crippen molar-refractivity contribution in [2.45, 2.75) is 25.9 Å². The normalized spacial score (nSPS) is 20.1. The molecule has 0 fully saturated rings. The molecular weight excluding hydrogens is 206 g/mol. The van der Waals surface area contributed by atoms with E-state index in [1.807, 2.05) is 13.8 Å². The molecule has 4 nitrogen and oxygen atoms in total. The van der Waals surface area contributed by atoms with Crippen LogP contribution in [-0.2, 0) is 4.84 Å². The molecule has 0 aliphatic carbocycles. The first-order valence-corrected chi connectivity index (χ1v) is 5.14. The van der Waals surface area contributed by atoms with Crippen molar-refractivity contribution in [3.05, 3.63) is 23.8 Å². The molecule has 0 aromatic heterocycles. The minimum Gasteiger partial charge on any atom is -0.508 e. The summed E-state index contributed by atoms with van der Waals surface area (Å²) in [6.45, 7) is 3.95. The molecule has 0 bridgehead atoms. The van der Waals surface area contributed by atoms with E-state index in [4.69, 9.17) is 9.57 Å². The average Bonchev–Trinajstić information content (AvgIpc) is 2.15. The first-order chi connectivity index (χ1) is 7.52. The maximum absolute atomic E-state index is 9.42. The number of rotatable bonds is 1. The fraction of sp³-hybridized carbons (Fsp3) is 0.417. The lowest BCUT2D eigenvalue weighted by Crippen LogP contribution is -2.36. The van der Waals surface area contributed by atoms with E-state index in [1.165, 1.54) is 7.11 Å². The topological polar surface area (TPSA) is 51.0 Å². The SMILES string of the molecule is CON=C1CC(C)(C)Oc2cc(O)ccc21. The van der Waals surface area contributed by atoms with Gasteiger partial charge in [0.1, 0.15) is 24.2 Å². The van der Waals surface area contributed by atoms with Gasteiger partial charge in [0.15, 0.2) is 0 Å². The Labute approximate surface area is 94.5 Å². The van der Waals surface area contributed by atoms with Crippen LogP contribution >= 0.6 is 0 Å². The summed E-state index contributed by atoms with van der Waals surface area (Å²) >= 11 is 0. The molecule has 0 saturated carbocycles. The van der Waals surface area contributed by atoms with Crippen molar-refractivity contribution >= 4 is 5.71 Å². The maximum Gasteiger partial charge on any atom is 0.133 e. The fourth-order valence-corrected chi connectivity index (χ4v) is 1.86. The van der Waals surface area contributed by atoms with Gasteiger partial charge in [-0.15, -0.1) is 0 Å². The first kappa shape index (κ1) is 10.8. The van der Waals surface area contributed by atoms with Crippen molar-refractivity contribution in [3.8, 4) is 11.5 Å². The van der Waals surface area contributed by atoms with Crippen LogP contribution in [-0.4, -0.2) is 23.5 Å². The van der Waals surface area contributed by atoms with Crippen molar-refractivity contribution in [2.24, 2.45) is 5.16 Å². The van der Waals surface area contributed by atoms with E-state index < -0.39 is 0 Å². The molecule has 1 heterocycles. The number of hydrogen-bond acceptors (Lipinski definition) is 4. The lowest BCUT2D eigenvalue weighted by atomic mass is 9.92. The third-order valence-electron chi connectivity index (χ3n) is 2.46. The van der Waals surface area contributed by atoms with E-state index in [2.05, 4.69) is 5.16 Å². The molecule has 86 valence electrons. The van der Waals surface area contributed by atoms with Gasteiger partial charge in [0.2, 0.25) is 0 Å². The molecule has 1 N–H and O–H groups in total. The zero-order valence-corrected chi connectivity index (χ0v) is 9.65. The van der Waals surface area contributed by atoms with Gasteiger partial charge in [0, 0.05) is 18.1 Å². The molecule has 1 aromatic carbocycles. The second-order valence-electron chi connectivity index (χ2n) is 4.44. The molecule has 1 aliphatic heterocycles. The number of aromatic hydroxyl groups is 1. The number of phenols is 1. The van der Waals surface area contributed by atoms with E-state index in [1.54, 1.807) is 18.2 Å². The summed E-state index contributed by atoms with van der Waals surface area (Å²) in [5.41, 5.74) is 1.38. The van der Waals surface area contributed by atoms with E-state index in [9.17, 15) is 5.11 Å². The highest BCUT2D eigenvalue weighted by atomic mass is 16.6. The molecule has 16 heavy (non-hydrogen) atoms. The number of nitrogens with zero attached hydrogens (tertiary/aromatic N) is 1. The zero-order chi connectivity index (χ0) is 11.8. The van der Waals surface area contributed by atoms with Gasteiger partial charge in [-0.2, -0.15) is 0 Å². The first-order valence-electron chi connectivity index (χ1n) is 5.14. The van der Waals surface area contributed by atoms with Crippen LogP contribution in [0.1, 0.15) is 25.8 Å². The quantitative estimate of drug-likeness (QED) is 0.740. The Morgan fingerprint density at radius 3 is 2.88 bits per heavy atom. The highest BCUT2D eigenvalue weighted by molar-refractivity contribution is 6.04. The maximum atomic E-state index is 9.42. The molecular formula is C12H15NO3. The van der Waals surface area contributed by atoms with Crippen LogP contribution in [0.2, 0.25) is 0 Å². The molecule has 1 aromatic rings. The van der Waals surface area contributed by atoms with Crippen molar-refractivity contribution < 1.29 is 14.7 Å². The third-order valence-corrected chi connectivity index (χ3v) is 2.46. The average molecular weight is 221 g/mol. The fourth-order valence-electron chi connectivity index (χ4n) is 1.86. The summed E-state index contributed by atoms with van der Waals surface area (Å²) < 4.78 is 5.78. The van der Waals surface area contributed by atoms with Crippen molar-refractivity contribution in [3.63, 3.8) is 0 Å². The van der Waals surface area contributed by atoms with Gasteiger partial charge in [-0.25, -0.2) is 0 Å². The Balaban J connectivity index is 2.51. The van der Waals surface area contributed by atoms with Gasteiger partial charge in [0.05, 0.1) is 5.71 Å².